The minimum absolute atomic E-state index is 0.218. The Kier molecular flexibility index (Phi) is 5.64. The van der Waals surface area contributed by atoms with Gasteiger partial charge in [-0.05, 0) is 46.3 Å². The summed E-state index contributed by atoms with van der Waals surface area (Å²) in [6.45, 7) is 0.337. The van der Waals surface area contributed by atoms with Gasteiger partial charge in [-0.3, -0.25) is 0 Å². The third-order valence-corrected chi connectivity index (χ3v) is 4.26. The molecule has 1 N–H and O–H groups in total. The Morgan fingerprint density at radius 2 is 2.05 bits per heavy atom. The lowest BCUT2D eigenvalue weighted by atomic mass is 10.2. The molecular weight excluding hydrogens is 359 g/mol. The molecule has 3 nitrogen and oxygen atoms in total. The normalized spacial score (nSPS) is 10.4. The highest BCUT2D eigenvalue weighted by molar-refractivity contribution is 9.10. The Morgan fingerprint density at radius 1 is 1.29 bits per heavy atom. The van der Waals surface area contributed by atoms with Gasteiger partial charge < -0.3 is 9.84 Å². The molecule has 21 heavy (non-hydrogen) atoms. The molecule has 0 radical (unpaired) electrons. The van der Waals surface area contributed by atoms with Crippen molar-refractivity contribution in [3.05, 3.63) is 58.3 Å². The molecule has 0 aliphatic heterocycles. The molecule has 0 amide bonds. The molecule has 0 aliphatic carbocycles. The maximum atomic E-state index is 13.3. The molecule has 0 saturated heterocycles. The number of rotatable bonds is 6. The molecule has 0 atom stereocenters. The van der Waals surface area contributed by atoms with Crippen molar-refractivity contribution >= 4 is 33.7 Å². The van der Waals surface area contributed by atoms with E-state index in [1.165, 1.54) is 17.8 Å². The number of benzene rings is 2. The molecule has 0 unspecified atom stereocenters. The lowest BCUT2D eigenvalue weighted by molar-refractivity contribution is 0.0695. The summed E-state index contributed by atoms with van der Waals surface area (Å²) in [7, 11) is 0. The monoisotopic (exact) mass is 370 g/mol. The molecule has 0 aromatic heterocycles. The molecule has 0 saturated carbocycles. The minimum Gasteiger partial charge on any atom is -0.490 e. The van der Waals surface area contributed by atoms with E-state index in [1.807, 2.05) is 6.07 Å². The maximum Gasteiger partial charge on any atom is 0.336 e. The van der Waals surface area contributed by atoms with E-state index in [1.54, 1.807) is 30.3 Å². The Morgan fingerprint density at radius 3 is 2.76 bits per heavy atom. The quantitative estimate of drug-likeness (QED) is 0.602. The van der Waals surface area contributed by atoms with Gasteiger partial charge in [-0.1, -0.05) is 12.1 Å². The standard InChI is InChI=1S/C15H12BrFO3S/c16-12-6-5-10(9-11(12)15(18)19)21-8-7-20-14-4-2-1-3-13(14)17/h1-6,9H,7-8H2,(H,18,19). The van der Waals surface area contributed by atoms with Gasteiger partial charge in [0.05, 0.1) is 12.2 Å². The van der Waals surface area contributed by atoms with Crippen LogP contribution in [0.4, 0.5) is 4.39 Å². The van der Waals surface area contributed by atoms with Gasteiger partial charge in [0.25, 0.3) is 0 Å². The summed E-state index contributed by atoms with van der Waals surface area (Å²) < 4.78 is 19.2. The second-order valence-electron chi connectivity index (χ2n) is 4.07. The average Bonchev–Trinajstić information content (AvgIpc) is 2.46. The van der Waals surface area contributed by atoms with Gasteiger partial charge in [0.2, 0.25) is 0 Å². The predicted molar refractivity (Wildman–Crippen MR) is 83.7 cm³/mol. The summed E-state index contributed by atoms with van der Waals surface area (Å²) in [5.41, 5.74) is 0.218. The zero-order chi connectivity index (χ0) is 15.2. The highest BCUT2D eigenvalue weighted by Gasteiger charge is 2.09. The molecule has 2 rings (SSSR count). The lowest BCUT2D eigenvalue weighted by Gasteiger charge is -2.07. The number of para-hydroxylation sites is 1. The summed E-state index contributed by atoms with van der Waals surface area (Å²) in [6, 6.07) is 11.3. The van der Waals surface area contributed by atoms with Crippen molar-refractivity contribution in [1.29, 1.82) is 0 Å². The summed E-state index contributed by atoms with van der Waals surface area (Å²) in [5.74, 6) is -0.555. The van der Waals surface area contributed by atoms with Crippen molar-refractivity contribution in [2.24, 2.45) is 0 Å². The molecule has 0 aliphatic rings. The van der Waals surface area contributed by atoms with E-state index in [9.17, 15) is 9.18 Å². The Balaban J connectivity index is 1.88. The van der Waals surface area contributed by atoms with Crippen LogP contribution in [0.1, 0.15) is 10.4 Å². The number of hydrogen-bond acceptors (Lipinski definition) is 3. The van der Waals surface area contributed by atoms with E-state index in [0.29, 0.717) is 16.8 Å². The van der Waals surface area contributed by atoms with Crippen molar-refractivity contribution in [2.45, 2.75) is 4.90 Å². The number of hydrogen-bond donors (Lipinski definition) is 1. The Hall–Kier alpha value is -1.53. The SMILES string of the molecule is O=C(O)c1cc(SCCOc2ccccc2F)ccc1Br. The predicted octanol–water partition coefficient (Wildman–Crippen LogP) is 4.46. The molecule has 6 heteroatoms. The van der Waals surface area contributed by atoms with Crippen molar-refractivity contribution in [2.75, 3.05) is 12.4 Å². The fourth-order valence-electron chi connectivity index (χ4n) is 1.63. The number of aromatic carboxylic acids is 1. The van der Waals surface area contributed by atoms with Crippen molar-refractivity contribution in [3.8, 4) is 5.75 Å². The first-order chi connectivity index (χ1) is 10.1. The fraction of sp³-hybridized carbons (Fsp3) is 0.133. The summed E-state index contributed by atoms with van der Waals surface area (Å²) in [4.78, 5) is 11.8. The average molecular weight is 371 g/mol. The zero-order valence-electron chi connectivity index (χ0n) is 10.9. The van der Waals surface area contributed by atoms with Crippen molar-refractivity contribution in [1.82, 2.24) is 0 Å². The van der Waals surface area contributed by atoms with E-state index in [-0.39, 0.29) is 17.1 Å². The minimum atomic E-state index is -0.980. The molecule has 2 aromatic carbocycles. The molecule has 0 heterocycles. The summed E-state index contributed by atoms with van der Waals surface area (Å²) in [5, 5.41) is 9.04. The molecule has 0 spiro atoms. The molecular formula is C15H12BrFO3S. The van der Waals surface area contributed by atoms with E-state index >= 15 is 0 Å². The molecule has 110 valence electrons. The first kappa shape index (κ1) is 15.9. The lowest BCUT2D eigenvalue weighted by Crippen LogP contribution is -2.02. The molecule has 2 aromatic rings. The van der Waals surface area contributed by atoms with Crippen LogP contribution in [0, 0.1) is 5.82 Å². The van der Waals surface area contributed by atoms with Gasteiger partial charge >= 0.3 is 5.97 Å². The van der Waals surface area contributed by atoms with Crippen molar-refractivity contribution < 1.29 is 19.0 Å². The first-order valence-electron chi connectivity index (χ1n) is 6.11. The Labute approximate surface area is 134 Å². The largest absolute Gasteiger partial charge is 0.490 e. The molecule has 0 bridgehead atoms. The maximum absolute atomic E-state index is 13.3. The van der Waals surface area contributed by atoms with Crippen LogP contribution in [-0.4, -0.2) is 23.4 Å². The number of carbonyl (C=O) groups is 1. The smallest absolute Gasteiger partial charge is 0.336 e. The van der Waals surface area contributed by atoms with E-state index in [4.69, 9.17) is 9.84 Å². The fourth-order valence-corrected chi connectivity index (χ4v) is 2.82. The van der Waals surface area contributed by atoms with Gasteiger partial charge in [-0.15, -0.1) is 11.8 Å². The second-order valence-corrected chi connectivity index (χ2v) is 6.10. The van der Waals surface area contributed by atoms with Crippen LogP contribution in [0.2, 0.25) is 0 Å². The van der Waals surface area contributed by atoms with Crippen LogP contribution < -0.4 is 4.74 Å². The number of thioether (sulfide) groups is 1. The van der Waals surface area contributed by atoms with E-state index in [2.05, 4.69) is 15.9 Å². The molecule has 0 fully saturated rings. The highest BCUT2D eigenvalue weighted by atomic mass is 79.9. The topological polar surface area (TPSA) is 46.5 Å². The van der Waals surface area contributed by atoms with Gasteiger partial charge in [0, 0.05) is 15.1 Å². The van der Waals surface area contributed by atoms with Gasteiger partial charge in [-0.25, -0.2) is 9.18 Å². The number of halogens is 2. The van der Waals surface area contributed by atoms with Crippen LogP contribution in [0.5, 0.6) is 5.75 Å². The van der Waals surface area contributed by atoms with E-state index < -0.39 is 5.97 Å². The zero-order valence-corrected chi connectivity index (χ0v) is 13.3. The van der Waals surface area contributed by atoms with Gasteiger partial charge in [0.15, 0.2) is 11.6 Å². The van der Waals surface area contributed by atoms with Crippen LogP contribution >= 0.6 is 27.7 Å². The van der Waals surface area contributed by atoms with Crippen LogP contribution in [0.25, 0.3) is 0 Å². The van der Waals surface area contributed by atoms with Crippen LogP contribution in [-0.2, 0) is 0 Å². The number of carboxylic acids is 1. The summed E-state index contributed by atoms with van der Waals surface area (Å²) in [6.07, 6.45) is 0. The second kappa shape index (κ2) is 7.47. The Bertz CT molecular complexity index is 649. The van der Waals surface area contributed by atoms with Gasteiger partial charge in [0.1, 0.15) is 0 Å². The number of ether oxygens (including phenoxy) is 1. The third kappa shape index (κ3) is 4.47. The first-order valence-corrected chi connectivity index (χ1v) is 7.89. The van der Waals surface area contributed by atoms with Crippen molar-refractivity contribution in [3.63, 3.8) is 0 Å². The third-order valence-electron chi connectivity index (χ3n) is 2.61. The van der Waals surface area contributed by atoms with Crippen LogP contribution in [0.15, 0.2) is 51.8 Å². The van der Waals surface area contributed by atoms with E-state index in [0.717, 1.165) is 4.90 Å². The van der Waals surface area contributed by atoms with Gasteiger partial charge in [-0.2, -0.15) is 0 Å². The number of carboxylic acid groups (broad SMARTS) is 1. The van der Waals surface area contributed by atoms with Crippen LogP contribution in [0.3, 0.4) is 0 Å². The highest BCUT2D eigenvalue weighted by Crippen LogP contribution is 2.25. The summed E-state index contributed by atoms with van der Waals surface area (Å²) >= 11 is 4.65.